The first-order chi connectivity index (χ1) is 13.4. The number of nitrogens with zero attached hydrogens (tertiary/aromatic N) is 1. The molecule has 7 heteroatoms. The molecule has 4 rings (SSSR count). The summed E-state index contributed by atoms with van der Waals surface area (Å²) in [4.78, 5) is 12.9. The van der Waals surface area contributed by atoms with Crippen LogP contribution in [0.15, 0.2) is 86.4 Å². The first-order valence-corrected chi connectivity index (χ1v) is 10.8. The smallest absolute Gasteiger partial charge is 0.292 e. The molecule has 2 aromatic carbocycles. The summed E-state index contributed by atoms with van der Waals surface area (Å²) < 4.78 is 29.5. The zero-order chi connectivity index (χ0) is 19.7. The number of carbonyl (C=O) groups is 1. The number of rotatable bonds is 4. The Morgan fingerprint density at radius 3 is 2.46 bits per heavy atom. The maximum atomic E-state index is 12.9. The zero-order valence-electron chi connectivity index (χ0n) is 14.9. The highest BCUT2D eigenvalue weighted by Crippen LogP contribution is 2.26. The SMILES string of the molecule is Cc1cccc(NC2=C/C(=N/S(=O)(=O)c3cccs3)c3ccccc3C2=O)c1. The van der Waals surface area contributed by atoms with Crippen LogP contribution >= 0.6 is 11.3 Å². The van der Waals surface area contributed by atoms with E-state index in [1.54, 1.807) is 35.7 Å². The van der Waals surface area contributed by atoms with Crippen LogP contribution in [0.5, 0.6) is 0 Å². The molecule has 0 amide bonds. The molecule has 3 aromatic rings. The fourth-order valence-electron chi connectivity index (χ4n) is 2.96. The summed E-state index contributed by atoms with van der Waals surface area (Å²) in [5.74, 6) is -0.204. The lowest BCUT2D eigenvalue weighted by atomic mass is 9.92. The van der Waals surface area contributed by atoms with Crippen LogP contribution in [0.25, 0.3) is 0 Å². The van der Waals surface area contributed by atoms with Crippen molar-refractivity contribution in [2.24, 2.45) is 4.40 Å². The number of aryl methyl sites for hydroxylation is 1. The summed E-state index contributed by atoms with van der Waals surface area (Å²) in [5, 5.41) is 4.79. The summed E-state index contributed by atoms with van der Waals surface area (Å²) in [6, 6.07) is 17.7. The van der Waals surface area contributed by atoms with Crippen LogP contribution in [0.2, 0.25) is 0 Å². The molecule has 0 saturated carbocycles. The lowest BCUT2D eigenvalue weighted by Gasteiger charge is -2.18. The van der Waals surface area contributed by atoms with Gasteiger partial charge < -0.3 is 5.32 Å². The van der Waals surface area contributed by atoms with Crippen molar-refractivity contribution in [1.82, 2.24) is 0 Å². The summed E-state index contributed by atoms with van der Waals surface area (Å²) >= 11 is 1.11. The number of benzene rings is 2. The molecule has 0 radical (unpaired) electrons. The van der Waals surface area contributed by atoms with Gasteiger partial charge >= 0.3 is 0 Å². The molecular formula is C21H16N2O3S2. The van der Waals surface area contributed by atoms with Crippen LogP contribution in [-0.2, 0) is 10.0 Å². The maximum absolute atomic E-state index is 12.9. The molecule has 140 valence electrons. The van der Waals surface area contributed by atoms with Crippen molar-refractivity contribution in [2.75, 3.05) is 5.32 Å². The van der Waals surface area contributed by atoms with E-state index in [2.05, 4.69) is 9.71 Å². The minimum Gasteiger partial charge on any atom is -0.352 e. The van der Waals surface area contributed by atoms with Gasteiger partial charge in [0.15, 0.2) is 0 Å². The second-order valence-electron chi connectivity index (χ2n) is 6.31. The second-order valence-corrected chi connectivity index (χ2v) is 9.09. The predicted octanol–water partition coefficient (Wildman–Crippen LogP) is 4.43. The molecule has 0 unspecified atom stereocenters. The van der Waals surface area contributed by atoms with Crippen molar-refractivity contribution in [1.29, 1.82) is 0 Å². The van der Waals surface area contributed by atoms with Gasteiger partial charge in [-0.25, -0.2) is 0 Å². The number of hydrogen-bond donors (Lipinski definition) is 1. The van der Waals surface area contributed by atoms with Crippen LogP contribution < -0.4 is 5.32 Å². The number of sulfonamides is 1. The van der Waals surface area contributed by atoms with E-state index in [-0.39, 0.29) is 21.4 Å². The van der Waals surface area contributed by atoms with Gasteiger partial charge in [0.2, 0.25) is 5.78 Å². The quantitative estimate of drug-likeness (QED) is 0.693. The van der Waals surface area contributed by atoms with Crippen molar-refractivity contribution >= 4 is 38.5 Å². The highest BCUT2D eigenvalue weighted by Gasteiger charge is 2.26. The Morgan fingerprint density at radius 2 is 1.75 bits per heavy atom. The molecule has 1 aliphatic rings. The van der Waals surface area contributed by atoms with E-state index in [1.165, 1.54) is 12.1 Å². The fourth-order valence-corrected chi connectivity index (χ4v) is 4.92. The van der Waals surface area contributed by atoms with Gasteiger partial charge in [-0.15, -0.1) is 11.3 Å². The number of allylic oxidation sites excluding steroid dienone is 2. The molecule has 28 heavy (non-hydrogen) atoms. The van der Waals surface area contributed by atoms with Crippen molar-refractivity contribution in [3.63, 3.8) is 0 Å². The highest BCUT2D eigenvalue weighted by molar-refractivity contribution is 7.92. The zero-order valence-corrected chi connectivity index (χ0v) is 16.5. The highest BCUT2D eigenvalue weighted by atomic mass is 32.2. The van der Waals surface area contributed by atoms with Crippen LogP contribution in [0.4, 0.5) is 5.69 Å². The molecule has 0 saturated heterocycles. The molecule has 0 bridgehead atoms. The van der Waals surface area contributed by atoms with Gasteiger partial charge in [0.25, 0.3) is 10.0 Å². The predicted molar refractivity (Wildman–Crippen MR) is 112 cm³/mol. The molecule has 1 heterocycles. The van der Waals surface area contributed by atoms with E-state index in [9.17, 15) is 13.2 Å². The molecule has 1 aliphatic carbocycles. The van der Waals surface area contributed by atoms with E-state index in [1.807, 2.05) is 31.2 Å². The number of nitrogens with one attached hydrogen (secondary N) is 1. The number of hydrogen-bond acceptors (Lipinski definition) is 5. The Balaban J connectivity index is 1.82. The summed E-state index contributed by atoms with van der Waals surface area (Å²) in [5.41, 5.74) is 3.23. The van der Waals surface area contributed by atoms with Gasteiger partial charge in [-0.1, -0.05) is 42.5 Å². The summed E-state index contributed by atoms with van der Waals surface area (Å²) in [6.45, 7) is 1.96. The first-order valence-electron chi connectivity index (χ1n) is 8.52. The van der Waals surface area contributed by atoms with E-state index in [0.717, 1.165) is 22.6 Å². The van der Waals surface area contributed by atoms with Crippen molar-refractivity contribution in [2.45, 2.75) is 11.1 Å². The molecular weight excluding hydrogens is 392 g/mol. The van der Waals surface area contributed by atoms with Crippen LogP contribution in [0, 0.1) is 6.92 Å². The molecule has 1 aromatic heterocycles. The largest absolute Gasteiger partial charge is 0.352 e. The van der Waals surface area contributed by atoms with Gasteiger partial charge in [0, 0.05) is 16.8 Å². The molecule has 1 N–H and O–H groups in total. The van der Waals surface area contributed by atoms with Crippen molar-refractivity contribution in [3.05, 3.63) is 94.5 Å². The van der Waals surface area contributed by atoms with Gasteiger partial charge in [0.05, 0.1) is 11.4 Å². The Labute approximate surface area is 167 Å². The molecule has 0 fully saturated rings. The number of thiophene rings is 1. The van der Waals surface area contributed by atoms with E-state index in [4.69, 9.17) is 0 Å². The Bertz CT molecular complexity index is 1220. The summed E-state index contributed by atoms with van der Waals surface area (Å²) in [7, 11) is -3.86. The van der Waals surface area contributed by atoms with Gasteiger partial charge in [-0.2, -0.15) is 12.8 Å². The Morgan fingerprint density at radius 1 is 0.964 bits per heavy atom. The monoisotopic (exact) mass is 408 g/mol. The minimum absolute atomic E-state index is 0.163. The van der Waals surface area contributed by atoms with Crippen LogP contribution in [0.1, 0.15) is 21.5 Å². The van der Waals surface area contributed by atoms with Gasteiger partial charge in [-0.3, -0.25) is 4.79 Å². The van der Waals surface area contributed by atoms with Crippen molar-refractivity contribution < 1.29 is 13.2 Å². The van der Waals surface area contributed by atoms with E-state index in [0.29, 0.717) is 11.1 Å². The van der Waals surface area contributed by atoms with Crippen LogP contribution in [0.3, 0.4) is 0 Å². The topological polar surface area (TPSA) is 75.6 Å². The number of carbonyl (C=O) groups excluding carboxylic acids is 1. The molecule has 0 atom stereocenters. The molecule has 5 nitrogen and oxygen atoms in total. The average molecular weight is 409 g/mol. The normalized spacial score (nSPS) is 15.2. The molecule has 0 spiro atoms. The third-order valence-electron chi connectivity index (χ3n) is 4.24. The second kappa shape index (κ2) is 7.18. The Hall–Kier alpha value is -3.03. The average Bonchev–Trinajstić information content (AvgIpc) is 3.21. The van der Waals surface area contributed by atoms with E-state index >= 15 is 0 Å². The van der Waals surface area contributed by atoms with Gasteiger partial charge in [0.1, 0.15) is 4.21 Å². The maximum Gasteiger partial charge on any atom is 0.292 e. The fraction of sp³-hybridized carbons (Fsp3) is 0.0476. The standard InChI is InChI=1S/C21H16N2O3S2/c1-14-6-4-7-15(12-14)22-19-13-18(16-8-2-3-9-17(16)21(19)24)23-28(25,26)20-10-5-11-27-20/h2-13,22H,1H3/b23-18-. The third kappa shape index (κ3) is 3.54. The van der Waals surface area contributed by atoms with E-state index < -0.39 is 10.0 Å². The molecule has 0 aliphatic heterocycles. The number of anilines is 1. The number of ketones is 1. The van der Waals surface area contributed by atoms with Gasteiger partial charge in [-0.05, 0) is 42.1 Å². The number of Topliss-reactive ketones (excluding diaryl/α,β-unsaturated/α-hetero) is 1. The first kappa shape index (κ1) is 18.3. The lowest BCUT2D eigenvalue weighted by Crippen LogP contribution is -2.22. The minimum atomic E-state index is -3.86. The van der Waals surface area contributed by atoms with Crippen LogP contribution in [-0.4, -0.2) is 19.9 Å². The summed E-state index contributed by atoms with van der Waals surface area (Å²) in [6.07, 6.45) is 1.50. The number of fused-ring (bicyclic) bond motifs is 1. The Kier molecular flexibility index (Phi) is 4.70. The lowest BCUT2D eigenvalue weighted by molar-refractivity contribution is 0.103. The third-order valence-corrected chi connectivity index (χ3v) is 6.90. The van der Waals surface area contributed by atoms with Crippen molar-refractivity contribution in [3.8, 4) is 0 Å².